The number of carbonyl (C=O) groups is 4. The van der Waals surface area contributed by atoms with E-state index < -0.39 is 11.5 Å². The molecular weight excluding hydrogens is 1680 g/mol. The number of nitrogens with one attached hydrogen (secondary N) is 8. The number of ketones is 1. The van der Waals surface area contributed by atoms with Crippen LogP contribution >= 0.6 is 0 Å². The van der Waals surface area contributed by atoms with Crippen molar-refractivity contribution >= 4 is 123 Å². The van der Waals surface area contributed by atoms with Crippen LogP contribution in [0.15, 0.2) is 264 Å². The maximum Gasteiger partial charge on any atom is 0.354 e. The molecule has 0 aliphatic rings. The number of hydrogen-bond acceptors (Lipinski definition) is 32. The zero-order valence-corrected chi connectivity index (χ0v) is 70.4. The number of amides is 1. The number of carbonyl (C=O) groups excluding carboxylic acids is 3. The monoisotopic (exact) mass is 1760 g/mol. The van der Waals surface area contributed by atoms with Crippen molar-refractivity contribution in [3.8, 4) is 18.7 Å². The summed E-state index contributed by atoms with van der Waals surface area (Å²) < 4.78 is 5.76. The van der Waals surface area contributed by atoms with E-state index >= 15 is 0 Å². The molecule has 1 amide bonds. The van der Waals surface area contributed by atoms with Gasteiger partial charge in [0.05, 0.1) is 61.0 Å². The number of ether oxygens (including phenoxy) is 1. The largest absolute Gasteiger partial charge is 0.477 e. The maximum atomic E-state index is 11.8. The van der Waals surface area contributed by atoms with Gasteiger partial charge in [-0.1, -0.05) is 68.4 Å². The van der Waals surface area contributed by atoms with Crippen LogP contribution in [0.3, 0.4) is 0 Å². The second kappa shape index (κ2) is 47.3. The van der Waals surface area contributed by atoms with E-state index in [0.717, 1.165) is 79.5 Å². The zero-order chi connectivity index (χ0) is 93.7. The van der Waals surface area contributed by atoms with E-state index in [-0.39, 0.29) is 78.7 Å². The molecule has 0 saturated carbocycles. The van der Waals surface area contributed by atoms with Gasteiger partial charge >= 0.3 is 5.97 Å². The van der Waals surface area contributed by atoms with Crippen LogP contribution in [-0.4, -0.2) is 169 Å². The summed E-state index contributed by atoms with van der Waals surface area (Å²) in [6.45, 7) is 9.88. The van der Waals surface area contributed by atoms with Crippen LogP contribution in [0.2, 0.25) is 0 Å². The van der Waals surface area contributed by atoms with E-state index in [1.807, 2.05) is 149 Å². The average Bonchev–Trinajstić information content (AvgIpc) is 0.469. The Hall–Kier alpha value is -18.6. The first-order valence-electron chi connectivity index (χ1n) is 39.1. The summed E-state index contributed by atoms with van der Waals surface area (Å²) in [6.07, 6.45) is 24.4. The molecular formula is C90H78N28O13. The number of anilines is 1. The first-order valence-corrected chi connectivity index (χ1v) is 39.1. The van der Waals surface area contributed by atoms with Crippen LogP contribution in [0.1, 0.15) is 102 Å². The molecule has 0 radical (unpaired) electrons. The Labute approximate surface area is 737 Å². The van der Waals surface area contributed by atoms with Crippen LogP contribution in [0.5, 0.6) is 5.88 Å². The first-order chi connectivity index (χ1) is 63.5. The summed E-state index contributed by atoms with van der Waals surface area (Å²) in [6, 6.07) is 52.5. The molecule has 2 aromatic carbocycles. The number of aryl methyl sites for hydroxylation is 4. The van der Waals surface area contributed by atoms with Crippen molar-refractivity contribution in [1.29, 1.82) is 0 Å². The lowest BCUT2D eigenvalue weighted by molar-refractivity contribution is 0.0690. The molecule has 0 fully saturated rings. The Bertz CT molecular complexity index is 7440. The predicted octanol–water partition coefficient (Wildman–Crippen LogP) is 8.38. The summed E-state index contributed by atoms with van der Waals surface area (Å²) in [5.41, 5.74) is 13.8. The number of nitrogens with zero attached hydrogens (tertiary/aromatic N) is 19. The van der Waals surface area contributed by atoms with Gasteiger partial charge in [0, 0.05) is 98.3 Å². The van der Waals surface area contributed by atoms with Gasteiger partial charge in [-0.3, -0.25) is 52.9 Å². The minimum atomic E-state index is -1.16. The number of fused-ring (bicyclic) bond motifs is 8. The molecule has 19 aromatic rings. The number of Topliss-reactive ketones (excluding diaryl/α,β-unsaturated/α-hetero) is 1. The minimum absolute atomic E-state index is 0.0832. The fourth-order valence-corrected chi connectivity index (χ4v) is 11.3. The number of aromatic carboxylic acids is 1. The molecule has 41 heteroatoms. The summed E-state index contributed by atoms with van der Waals surface area (Å²) in [4.78, 5) is 163. The van der Waals surface area contributed by atoms with Crippen molar-refractivity contribution in [2.24, 2.45) is 10.7 Å². The van der Waals surface area contributed by atoms with Gasteiger partial charge in [-0.15, -0.1) is 17.9 Å². The van der Waals surface area contributed by atoms with Crippen molar-refractivity contribution in [1.82, 2.24) is 126 Å². The third-order valence-corrected chi connectivity index (χ3v) is 17.7. The standard InChI is InChI=1S/C16H14N4O.C13H12N2O.C9H7N3O2.2C9H9N3O.C8H8N4O.C8H5N3O3.C8H5N3O2.C8H7N3O.C2H2/c1-17-10-14-8-7-13-9-18-20-16(15(13)19-14)21-11-12-5-3-2-4-6-12;1-10-6-5-9-12(14-10)13(16)15-11-7-3-2-4-8-11;1-5(13)7-3-2-6-4-10-12-9(14)8(6)11-7;2*1-2-7-4-3-6-5-10-12-9(13)8(6)11-7;9-3-6-2-1-5-4-10-12-8(13)7(5)11-6;12-7-6-4(3-9-11-7)1-2-5(10-6)8(13)14;12-4-6-2-1-5-3-9-11-8(13)7(5)10-6;1-5-2-3-6-4-9-11-8(12)7(6)10-5;1-2/h2-10H,11H2,1H3;2-9H,1H3,(H,15,16);2-4H,1H3,(H,12,14);2*3-5H,2H2,1H3,(H,12,13);1-2,4H,3,9H2,(H,12,13);1-3H,(H,11,12)(H,13,14);1-4H,(H,11,13);2-4H,1H3,(H,11,12);1-2H. The number of carboxylic acid groups (broad SMARTS) is 1. The Morgan fingerprint density at radius 3 is 1.22 bits per heavy atom. The summed E-state index contributed by atoms with van der Waals surface area (Å²) in [5.74, 6) is -1.08. The molecule has 41 nitrogen and oxygen atoms in total. The number of aldehydes is 1. The normalized spacial score (nSPS) is 10.3. The topological polar surface area (TPSA) is 610 Å². The molecule has 17 heterocycles. The van der Waals surface area contributed by atoms with Crippen LogP contribution in [0.25, 0.3) is 87.2 Å². The summed E-state index contributed by atoms with van der Waals surface area (Å²) in [5, 5.41) is 66.7. The van der Waals surface area contributed by atoms with E-state index in [0.29, 0.717) is 80.4 Å². The van der Waals surface area contributed by atoms with E-state index in [1.54, 1.807) is 80.6 Å². The van der Waals surface area contributed by atoms with Gasteiger partial charge in [-0.2, -0.15) is 40.8 Å². The number of rotatable bonds is 12. The highest BCUT2D eigenvalue weighted by Crippen LogP contribution is 2.22. The maximum absolute atomic E-state index is 11.8. The lowest BCUT2D eigenvalue weighted by atomic mass is 10.2. The van der Waals surface area contributed by atoms with Gasteiger partial charge in [0.25, 0.3) is 50.7 Å². The second-order valence-corrected chi connectivity index (χ2v) is 26.8. The Kier molecular flexibility index (Phi) is 34.2. The molecule has 0 spiro atoms. The van der Waals surface area contributed by atoms with Gasteiger partial charge in [0.15, 0.2) is 12.1 Å². The highest BCUT2D eigenvalue weighted by molar-refractivity contribution is 6.03. The van der Waals surface area contributed by atoms with Crippen molar-refractivity contribution in [2.75, 3.05) is 12.4 Å². The smallest absolute Gasteiger partial charge is 0.354 e. The molecule has 131 heavy (non-hydrogen) atoms. The first kappa shape index (κ1) is 94.6. The molecule has 11 N–H and O–H groups in total. The van der Waals surface area contributed by atoms with Gasteiger partial charge in [0.1, 0.15) is 73.5 Å². The Balaban J connectivity index is 0.000000153. The van der Waals surface area contributed by atoms with Gasteiger partial charge < -0.3 is 20.9 Å². The quantitative estimate of drug-likeness (QED) is 0.0237. The van der Waals surface area contributed by atoms with E-state index in [2.05, 4.69) is 150 Å². The number of aromatic nitrogens is 25. The molecule has 0 atom stereocenters. The number of H-pyrrole nitrogens is 7. The highest BCUT2D eigenvalue weighted by Gasteiger charge is 2.13. The van der Waals surface area contributed by atoms with E-state index in [9.17, 15) is 52.7 Å². The zero-order valence-electron chi connectivity index (χ0n) is 70.4. The van der Waals surface area contributed by atoms with Crippen molar-refractivity contribution in [2.45, 2.75) is 60.6 Å². The molecule has 17 aromatic heterocycles. The van der Waals surface area contributed by atoms with Crippen LogP contribution < -0.4 is 54.7 Å². The van der Waals surface area contributed by atoms with Crippen molar-refractivity contribution in [3.05, 3.63) is 360 Å². The summed E-state index contributed by atoms with van der Waals surface area (Å²) >= 11 is 0. The Morgan fingerprint density at radius 2 is 0.786 bits per heavy atom. The third kappa shape index (κ3) is 26.7. The number of para-hydroxylation sites is 1. The van der Waals surface area contributed by atoms with E-state index in [4.69, 9.17) is 15.6 Å². The van der Waals surface area contributed by atoms with Crippen molar-refractivity contribution in [3.63, 3.8) is 0 Å². The predicted molar refractivity (Wildman–Crippen MR) is 490 cm³/mol. The Morgan fingerprint density at radius 1 is 0.412 bits per heavy atom. The number of carboxylic acids is 1. The van der Waals surface area contributed by atoms with Crippen LogP contribution in [0, 0.1) is 26.7 Å². The van der Waals surface area contributed by atoms with Gasteiger partial charge in [0.2, 0.25) is 0 Å². The lowest BCUT2D eigenvalue weighted by Crippen LogP contribution is -2.13. The third-order valence-electron chi connectivity index (χ3n) is 17.7. The second-order valence-electron chi connectivity index (χ2n) is 26.8. The van der Waals surface area contributed by atoms with Gasteiger partial charge in [-0.25, -0.2) is 85.3 Å². The number of aliphatic imine (C=N–C) groups is 1. The average molecular weight is 1760 g/mol. The minimum Gasteiger partial charge on any atom is -0.477 e. The van der Waals surface area contributed by atoms with Crippen LogP contribution in [0.4, 0.5) is 5.69 Å². The molecule has 0 saturated heterocycles. The van der Waals surface area contributed by atoms with E-state index in [1.165, 1.54) is 43.7 Å². The molecule has 0 aliphatic heterocycles. The fraction of sp³-hybridized carbons (Fsp3) is 0.111. The number of pyridine rings is 9. The van der Waals surface area contributed by atoms with Crippen LogP contribution in [-0.2, 0) is 26.0 Å². The molecule has 0 bridgehead atoms. The van der Waals surface area contributed by atoms with Crippen molar-refractivity contribution < 1.29 is 29.0 Å². The number of hydrogen-bond donors (Lipinski definition) is 10. The number of aromatic amines is 7. The highest BCUT2D eigenvalue weighted by atomic mass is 16.5. The fourth-order valence-electron chi connectivity index (χ4n) is 11.3. The molecule has 19 rings (SSSR count). The molecule has 656 valence electrons. The molecule has 0 aliphatic carbocycles. The van der Waals surface area contributed by atoms with Gasteiger partial charge in [-0.05, 0) is 154 Å². The number of terminal acetylenes is 1. The summed E-state index contributed by atoms with van der Waals surface area (Å²) in [7, 11) is 1.71. The lowest BCUT2D eigenvalue weighted by Gasteiger charge is -2.07. The molecule has 0 unspecified atom stereocenters. The number of benzene rings is 2. The number of nitrogens with two attached hydrogens (primary N) is 1. The SMILES string of the molecule is C#C.CC(=O)c1ccc2cn[nH]c(=O)c2n1.CCc1ccc2cn[nH]c(=O)c2n1.CCc1ccc2cn[nH]c(=O)c2n1.CN=Cc1ccc2cnnc(OCc3ccccc3)c2n1.Cc1ccc2cn[nH]c(=O)c2n1.Cc1cccc(C(=O)Nc2ccccc2)n1.NCc1ccc2cn[nH]c(=O)c2n1.O=C(O)c1ccc2cn[nH]c(=O)c2n1.O=Cc1ccc2cn[nH]c(=O)c2n1.